The number of carbonyl (C=O) groups is 1. The molecule has 0 saturated carbocycles. The van der Waals surface area contributed by atoms with Gasteiger partial charge in [0, 0.05) is 31.7 Å². The van der Waals surface area contributed by atoms with Crippen molar-refractivity contribution < 1.29 is 18.3 Å². The van der Waals surface area contributed by atoms with Crippen LogP contribution < -0.4 is 10.1 Å². The Morgan fingerprint density at radius 1 is 1.60 bits per heavy atom. The van der Waals surface area contributed by atoms with Crippen LogP contribution in [0.3, 0.4) is 0 Å². The van der Waals surface area contributed by atoms with Crippen molar-refractivity contribution in [3.05, 3.63) is 23.9 Å². The minimum atomic E-state index is -2.56. The average molecular weight is 285 g/mol. The number of pyridine rings is 1. The molecule has 0 radical (unpaired) electrons. The third-order valence-electron chi connectivity index (χ3n) is 2.96. The number of nitrogens with one attached hydrogen (secondary N) is 1. The zero-order valence-corrected chi connectivity index (χ0v) is 11.2. The summed E-state index contributed by atoms with van der Waals surface area (Å²) in [4.78, 5) is 17.9. The topological polar surface area (TPSA) is 54.5 Å². The smallest absolute Gasteiger partial charge is 0.272 e. The molecular weight excluding hydrogens is 268 g/mol. The molecule has 7 heteroatoms. The molecule has 1 aromatic heterocycles. The van der Waals surface area contributed by atoms with Gasteiger partial charge in [0.2, 0.25) is 5.88 Å². The van der Waals surface area contributed by atoms with Crippen molar-refractivity contribution in [3.8, 4) is 5.88 Å². The van der Waals surface area contributed by atoms with Gasteiger partial charge in [0.1, 0.15) is 5.69 Å². The van der Waals surface area contributed by atoms with Gasteiger partial charge in [-0.3, -0.25) is 4.79 Å². The summed E-state index contributed by atoms with van der Waals surface area (Å²) >= 11 is 0. The summed E-state index contributed by atoms with van der Waals surface area (Å²) in [5.41, 5.74) is 0.214. The van der Waals surface area contributed by atoms with Crippen LogP contribution in [-0.4, -0.2) is 54.5 Å². The third kappa shape index (κ3) is 3.86. The maximum atomic E-state index is 12.3. The Hall–Kier alpha value is -1.76. The molecule has 1 saturated heterocycles. The van der Waals surface area contributed by atoms with Crippen molar-refractivity contribution in [1.29, 1.82) is 0 Å². The maximum Gasteiger partial charge on any atom is 0.272 e. The second-order valence-electron chi connectivity index (χ2n) is 4.67. The van der Waals surface area contributed by atoms with Gasteiger partial charge >= 0.3 is 0 Å². The number of amides is 1. The number of hydrogen-bond donors (Lipinski definition) is 1. The number of rotatable bonds is 4. The Morgan fingerprint density at radius 2 is 2.40 bits per heavy atom. The van der Waals surface area contributed by atoms with Crippen LogP contribution in [0.2, 0.25) is 0 Å². The van der Waals surface area contributed by atoms with Crippen LogP contribution in [0, 0.1) is 0 Å². The summed E-state index contributed by atoms with van der Waals surface area (Å²) in [6.07, 6.45) is -2.56. The number of piperazine rings is 1. The lowest BCUT2D eigenvalue weighted by molar-refractivity contribution is 0.0696. The van der Waals surface area contributed by atoms with E-state index in [9.17, 15) is 13.6 Å². The molecule has 2 rings (SSSR count). The largest absolute Gasteiger partial charge is 0.472 e. The van der Waals surface area contributed by atoms with Crippen molar-refractivity contribution in [2.24, 2.45) is 0 Å². The fourth-order valence-electron chi connectivity index (χ4n) is 2.04. The third-order valence-corrected chi connectivity index (χ3v) is 2.96. The molecule has 0 unspecified atom stereocenters. The van der Waals surface area contributed by atoms with E-state index >= 15 is 0 Å². The summed E-state index contributed by atoms with van der Waals surface area (Å²) in [6, 6.07) is 4.82. The molecule has 1 aromatic rings. The molecule has 1 fully saturated rings. The molecule has 0 aromatic carbocycles. The molecule has 0 aliphatic carbocycles. The Kier molecular flexibility index (Phi) is 4.84. The maximum absolute atomic E-state index is 12.3. The van der Waals surface area contributed by atoms with E-state index in [0.29, 0.717) is 13.1 Å². The molecule has 1 atom stereocenters. The van der Waals surface area contributed by atoms with Crippen LogP contribution >= 0.6 is 0 Å². The molecular formula is C13H17F2N3O2. The van der Waals surface area contributed by atoms with E-state index in [0.717, 1.165) is 6.54 Å². The summed E-state index contributed by atoms with van der Waals surface area (Å²) in [6.45, 7) is 3.20. The van der Waals surface area contributed by atoms with Gasteiger partial charge < -0.3 is 15.0 Å². The monoisotopic (exact) mass is 285 g/mol. The average Bonchev–Trinajstić information content (AvgIpc) is 2.44. The predicted octanol–water partition coefficient (Wildman–Crippen LogP) is 1.16. The van der Waals surface area contributed by atoms with Crippen molar-refractivity contribution >= 4 is 5.91 Å². The number of ether oxygens (including phenoxy) is 1. The van der Waals surface area contributed by atoms with Gasteiger partial charge in [-0.05, 0) is 13.0 Å². The fourth-order valence-corrected chi connectivity index (χ4v) is 2.04. The van der Waals surface area contributed by atoms with Crippen molar-refractivity contribution in [3.63, 3.8) is 0 Å². The lowest BCUT2D eigenvalue weighted by Crippen LogP contribution is -2.51. The highest BCUT2D eigenvalue weighted by molar-refractivity contribution is 5.92. The summed E-state index contributed by atoms with van der Waals surface area (Å²) in [7, 11) is 0. The highest BCUT2D eigenvalue weighted by Gasteiger charge is 2.22. The molecule has 0 bridgehead atoms. The van der Waals surface area contributed by atoms with Crippen LogP contribution in [0.5, 0.6) is 5.88 Å². The van der Waals surface area contributed by atoms with Crippen molar-refractivity contribution in [2.45, 2.75) is 19.4 Å². The molecule has 1 aliphatic rings. The van der Waals surface area contributed by atoms with E-state index in [1.54, 1.807) is 17.0 Å². The summed E-state index contributed by atoms with van der Waals surface area (Å²) < 4.78 is 29.0. The van der Waals surface area contributed by atoms with Gasteiger partial charge in [0.25, 0.3) is 12.3 Å². The number of alkyl halides is 2. The SMILES string of the molecule is C[C@@H]1CN(C(=O)c2cccc(OCC(F)F)n2)CCN1. The number of nitrogens with zero attached hydrogens (tertiary/aromatic N) is 2. The van der Waals surface area contributed by atoms with Gasteiger partial charge in [-0.2, -0.15) is 0 Å². The first-order chi connectivity index (χ1) is 9.56. The van der Waals surface area contributed by atoms with Gasteiger partial charge in [-0.25, -0.2) is 13.8 Å². The molecule has 110 valence electrons. The van der Waals surface area contributed by atoms with Crippen LogP contribution in [0.1, 0.15) is 17.4 Å². The highest BCUT2D eigenvalue weighted by Crippen LogP contribution is 2.12. The fraction of sp³-hybridized carbons (Fsp3) is 0.538. The Balaban J connectivity index is 2.04. The van der Waals surface area contributed by atoms with Crippen LogP contribution in [0.25, 0.3) is 0 Å². The molecule has 1 aliphatic heterocycles. The quantitative estimate of drug-likeness (QED) is 0.902. The number of hydrogen-bond acceptors (Lipinski definition) is 4. The number of carbonyl (C=O) groups excluding carboxylic acids is 1. The second kappa shape index (κ2) is 6.60. The van der Waals surface area contributed by atoms with Crippen LogP contribution in [0.4, 0.5) is 8.78 Å². The highest BCUT2D eigenvalue weighted by atomic mass is 19.3. The van der Waals surface area contributed by atoms with E-state index in [1.807, 2.05) is 6.92 Å². The molecule has 1 amide bonds. The van der Waals surface area contributed by atoms with Gasteiger partial charge in [0.05, 0.1) is 0 Å². The lowest BCUT2D eigenvalue weighted by Gasteiger charge is -2.31. The van der Waals surface area contributed by atoms with E-state index in [1.165, 1.54) is 6.07 Å². The van der Waals surface area contributed by atoms with E-state index < -0.39 is 13.0 Å². The van der Waals surface area contributed by atoms with Crippen molar-refractivity contribution in [2.75, 3.05) is 26.2 Å². The zero-order valence-electron chi connectivity index (χ0n) is 11.2. The van der Waals surface area contributed by atoms with E-state index in [2.05, 4.69) is 10.3 Å². The Bertz CT molecular complexity index is 471. The second-order valence-corrected chi connectivity index (χ2v) is 4.67. The molecule has 5 nitrogen and oxygen atoms in total. The van der Waals surface area contributed by atoms with E-state index in [-0.39, 0.29) is 23.5 Å². The van der Waals surface area contributed by atoms with Crippen LogP contribution in [-0.2, 0) is 0 Å². The van der Waals surface area contributed by atoms with Gasteiger partial charge in [0.15, 0.2) is 6.61 Å². The summed E-state index contributed by atoms with van der Waals surface area (Å²) in [5, 5.41) is 3.24. The minimum Gasteiger partial charge on any atom is -0.472 e. The van der Waals surface area contributed by atoms with Gasteiger partial charge in [-0.15, -0.1) is 0 Å². The number of aromatic nitrogens is 1. The van der Waals surface area contributed by atoms with Crippen molar-refractivity contribution in [1.82, 2.24) is 15.2 Å². The van der Waals surface area contributed by atoms with Crippen LogP contribution in [0.15, 0.2) is 18.2 Å². The normalized spacial score (nSPS) is 19.2. The van der Waals surface area contributed by atoms with E-state index in [4.69, 9.17) is 4.74 Å². The standard InChI is InChI=1S/C13H17F2N3O2/c1-9-7-18(6-5-16-9)13(19)10-3-2-4-12(17-10)20-8-11(14)15/h2-4,9,11,16H,5-8H2,1H3/t9-/m1/s1. The molecule has 0 spiro atoms. The zero-order chi connectivity index (χ0) is 14.5. The minimum absolute atomic E-state index is 0.0410. The molecule has 1 N–H and O–H groups in total. The summed E-state index contributed by atoms with van der Waals surface area (Å²) in [5.74, 6) is -0.167. The Morgan fingerprint density at radius 3 is 3.10 bits per heavy atom. The first kappa shape index (κ1) is 14.6. The first-order valence-electron chi connectivity index (χ1n) is 6.47. The molecule has 2 heterocycles. The first-order valence-corrected chi connectivity index (χ1v) is 6.47. The number of halogens is 2. The predicted molar refractivity (Wildman–Crippen MR) is 69.1 cm³/mol. The lowest BCUT2D eigenvalue weighted by atomic mass is 10.2. The van der Waals surface area contributed by atoms with Gasteiger partial charge in [-0.1, -0.05) is 6.07 Å². The Labute approximate surface area is 115 Å². The molecule has 20 heavy (non-hydrogen) atoms.